The second kappa shape index (κ2) is 11.9. The summed E-state index contributed by atoms with van der Waals surface area (Å²) in [6.07, 6.45) is 3.31. The lowest BCUT2D eigenvalue weighted by Crippen LogP contribution is -2.29. The molecule has 0 heterocycles. The zero-order valence-corrected chi connectivity index (χ0v) is 20.8. The van der Waals surface area contributed by atoms with E-state index >= 15 is 0 Å². The Labute approximate surface area is 205 Å². The molecule has 9 nitrogen and oxygen atoms in total. The summed E-state index contributed by atoms with van der Waals surface area (Å²) in [6.45, 7) is 0.538. The largest absolute Gasteiger partial charge is 0.493 e. The summed E-state index contributed by atoms with van der Waals surface area (Å²) in [5, 5.41) is 15.5. The third-order valence-corrected chi connectivity index (χ3v) is 6.46. The lowest BCUT2D eigenvalue weighted by Gasteiger charge is -2.19. The summed E-state index contributed by atoms with van der Waals surface area (Å²) in [6, 6.07) is 6.52. The van der Waals surface area contributed by atoms with Crippen LogP contribution in [0.15, 0.2) is 29.1 Å². The van der Waals surface area contributed by atoms with Crippen molar-refractivity contribution < 1.29 is 24.1 Å². The number of benzene rings is 1. The van der Waals surface area contributed by atoms with Crippen LogP contribution in [0.25, 0.3) is 11.1 Å². The molecule has 0 radical (unpaired) electrons. The molecule has 0 spiro atoms. The molecule has 2 aromatic rings. The second-order valence-electron chi connectivity index (χ2n) is 8.55. The third kappa shape index (κ3) is 5.68. The van der Waals surface area contributed by atoms with Gasteiger partial charge in [0.2, 0.25) is 11.2 Å². The SMILES string of the molecule is CN[C@@H]1CCc2cc(OC)c(OC)c(OC)c2-c2ccc(NCCCC[C@H](N)C(=O)O)c(=O)cc21. The Balaban J connectivity index is 2.01. The van der Waals surface area contributed by atoms with Gasteiger partial charge in [-0.2, -0.15) is 0 Å². The quantitative estimate of drug-likeness (QED) is 0.355. The number of aliphatic carboxylic acids is 1. The minimum absolute atomic E-state index is 0.0236. The zero-order valence-electron chi connectivity index (χ0n) is 20.8. The number of rotatable bonds is 11. The van der Waals surface area contributed by atoms with E-state index in [2.05, 4.69) is 10.6 Å². The molecule has 0 saturated heterocycles. The first-order chi connectivity index (χ1) is 16.9. The number of fused-ring (bicyclic) bond motifs is 3. The predicted molar refractivity (Wildman–Crippen MR) is 136 cm³/mol. The summed E-state index contributed by atoms with van der Waals surface area (Å²) < 4.78 is 17.0. The average Bonchev–Trinajstić information content (AvgIpc) is 3.10. The summed E-state index contributed by atoms with van der Waals surface area (Å²) in [4.78, 5) is 24.0. The number of hydrogen-bond donors (Lipinski definition) is 4. The normalized spacial score (nSPS) is 15.3. The van der Waals surface area contributed by atoms with E-state index in [1.54, 1.807) is 33.5 Å². The van der Waals surface area contributed by atoms with Gasteiger partial charge in [-0.15, -0.1) is 0 Å². The highest BCUT2D eigenvalue weighted by Gasteiger charge is 2.28. The van der Waals surface area contributed by atoms with Crippen LogP contribution in [0.4, 0.5) is 5.69 Å². The fourth-order valence-corrected chi connectivity index (χ4v) is 4.59. The molecule has 0 bridgehead atoms. The molecule has 2 aromatic carbocycles. The number of carbonyl (C=O) groups is 1. The lowest BCUT2D eigenvalue weighted by molar-refractivity contribution is -0.138. The molecule has 9 heteroatoms. The van der Waals surface area contributed by atoms with Crippen molar-refractivity contribution in [1.29, 1.82) is 0 Å². The van der Waals surface area contributed by atoms with E-state index in [4.69, 9.17) is 25.1 Å². The van der Waals surface area contributed by atoms with E-state index < -0.39 is 12.0 Å². The number of methoxy groups -OCH3 is 3. The van der Waals surface area contributed by atoms with Crippen molar-refractivity contribution in [1.82, 2.24) is 5.32 Å². The average molecular weight is 486 g/mol. The van der Waals surface area contributed by atoms with Gasteiger partial charge in [0.05, 0.1) is 27.0 Å². The van der Waals surface area contributed by atoms with E-state index in [9.17, 15) is 9.59 Å². The molecule has 1 aliphatic carbocycles. The van der Waals surface area contributed by atoms with Gasteiger partial charge in [-0.25, -0.2) is 0 Å². The van der Waals surface area contributed by atoms with E-state index in [1.807, 2.05) is 19.2 Å². The Morgan fingerprint density at radius 3 is 2.51 bits per heavy atom. The standard InChI is InChI=1S/C26H35N3O6/c1-28-19-10-8-15-13-22(33-2)24(34-3)25(35-4)23(15)16-9-11-20(21(30)14-17(16)19)29-12-6-5-7-18(27)26(31)32/h9,11,13-14,18-19,28H,5-8,10,12,27H2,1-4H3,(H,29,30)(H,31,32)/t18-,19+/m0/s1. The van der Waals surface area contributed by atoms with Crippen LogP contribution in [-0.4, -0.2) is 52.0 Å². The van der Waals surface area contributed by atoms with Crippen LogP contribution >= 0.6 is 0 Å². The smallest absolute Gasteiger partial charge is 0.320 e. The van der Waals surface area contributed by atoms with Crippen molar-refractivity contribution in [2.45, 2.75) is 44.2 Å². The molecule has 3 rings (SSSR count). The van der Waals surface area contributed by atoms with Crippen LogP contribution < -0.4 is 36.0 Å². The Kier molecular flexibility index (Phi) is 8.95. The highest BCUT2D eigenvalue weighted by molar-refractivity contribution is 5.83. The maximum absolute atomic E-state index is 13.2. The highest BCUT2D eigenvalue weighted by Crippen LogP contribution is 2.50. The molecule has 0 amide bonds. The fraction of sp³-hybridized carbons (Fsp3) is 0.462. The van der Waals surface area contributed by atoms with Crippen molar-refractivity contribution in [3.63, 3.8) is 0 Å². The van der Waals surface area contributed by atoms with Gasteiger partial charge >= 0.3 is 5.97 Å². The number of carboxylic acids is 1. The number of nitrogens with two attached hydrogens (primary N) is 1. The van der Waals surface area contributed by atoms with Crippen molar-refractivity contribution in [2.75, 3.05) is 40.2 Å². The number of carboxylic acid groups (broad SMARTS) is 1. The van der Waals surface area contributed by atoms with Crippen LogP contribution in [0.1, 0.15) is 42.9 Å². The van der Waals surface area contributed by atoms with Crippen LogP contribution in [0.2, 0.25) is 0 Å². The molecule has 0 aliphatic heterocycles. The van der Waals surface area contributed by atoms with Gasteiger partial charge in [-0.3, -0.25) is 9.59 Å². The molecule has 35 heavy (non-hydrogen) atoms. The van der Waals surface area contributed by atoms with Crippen LogP contribution in [0.3, 0.4) is 0 Å². The number of nitrogens with one attached hydrogen (secondary N) is 2. The van der Waals surface area contributed by atoms with Crippen LogP contribution in [-0.2, 0) is 11.2 Å². The first-order valence-electron chi connectivity index (χ1n) is 11.8. The Morgan fingerprint density at radius 2 is 1.89 bits per heavy atom. The Hall–Kier alpha value is -3.30. The number of unbranched alkanes of at least 4 members (excludes halogenated alkanes) is 1. The summed E-state index contributed by atoms with van der Waals surface area (Å²) >= 11 is 0. The molecule has 5 N–H and O–H groups in total. The maximum Gasteiger partial charge on any atom is 0.320 e. The van der Waals surface area contributed by atoms with Crippen molar-refractivity contribution in [3.8, 4) is 28.4 Å². The van der Waals surface area contributed by atoms with Crippen LogP contribution in [0, 0.1) is 0 Å². The second-order valence-corrected chi connectivity index (χ2v) is 8.55. The van der Waals surface area contributed by atoms with Gasteiger partial charge < -0.3 is 35.7 Å². The van der Waals surface area contributed by atoms with Crippen molar-refractivity contribution >= 4 is 11.7 Å². The molecule has 1 aliphatic rings. The molecule has 2 atom stereocenters. The van der Waals surface area contributed by atoms with Gasteiger partial charge in [0.1, 0.15) is 6.04 Å². The van der Waals surface area contributed by atoms with E-state index in [-0.39, 0.29) is 11.5 Å². The first-order valence-corrected chi connectivity index (χ1v) is 11.8. The molecule has 0 saturated carbocycles. The van der Waals surface area contributed by atoms with Gasteiger partial charge in [0.15, 0.2) is 11.5 Å². The summed E-state index contributed by atoms with van der Waals surface area (Å²) in [7, 11) is 6.67. The van der Waals surface area contributed by atoms with E-state index in [1.165, 1.54) is 0 Å². The molecule has 0 fully saturated rings. The number of ether oxygens (including phenoxy) is 3. The monoisotopic (exact) mass is 485 g/mol. The first kappa shape index (κ1) is 26.3. The zero-order chi connectivity index (χ0) is 25.5. The topological polar surface area (TPSA) is 132 Å². The molecular formula is C26H35N3O6. The molecule has 0 unspecified atom stereocenters. The van der Waals surface area contributed by atoms with Crippen molar-refractivity contribution in [3.05, 3.63) is 45.6 Å². The summed E-state index contributed by atoms with van der Waals surface area (Å²) in [5.74, 6) is 0.681. The Morgan fingerprint density at radius 1 is 1.14 bits per heavy atom. The third-order valence-electron chi connectivity index (χ3n) is 6.46. The number of aryl methyl sites for hydroxylation is 1. The minimum atomic E-state index is -1.000. The van der Waals surface area contributed by atoms with E-state index in [0.717, 1.165) is 35.1 Å². The lowest BCUT2D eigenvalue weighted by atomic mass is 9.95. The number of anilines is 1. The summed E-state index contributed by atoms with van der Waals surface area (Å²) in [5.41, 5.74) is 9.66. The number of hydrogen-bond acceptors (Lipinski definition) is 8. The van der Waals surface area contributed by atoms with E-state index in [0.29, 0.717) is 48.7 Å². The predicted octanol–water partition coefficient (Wildman–Crippen LogP) is 2.94. The Bertz CT molecular complexity index is 1120. The minimum Gasteiger partial charge on any atom is -0.493 e. The fourth-order valence-electron chi connectivity index (χ4n) is 4.59. The highest BCUT2D eigenvalue weighted by atomic mass is 16.5. The van der Waals surface area contributed by atoms with Crippen molar-refractivity contribution in [2.24, 2.45) is 5.73 Å². The maximum atomic E-state index is 13.2. The van der Waals surface area contributed by atoms with Gasteiger partial charge in [-0.05, 0) is 74.0 Å². The van der Waals surface area contributed by atoms with Gasteiger partial charge in [0, 0.05) is 18.2 Å². The van der Waals surface area contributed by atoms with Gasteiger partial charge in [0.25, 0.3) is 0 Å². The van der Waals surface area contributed by atoms with Gasteiger partial charge in [-0.1, -0.05) is 6.07 Å². The molecular weight excluding hydrogens is 450 g/mol. The van der Waals surface area contributed by atoms with Crippen LogP contribution in [0.5, 0.6) is 17.2 Å². The molecule has 0 aromatic heterocycles. The molecule has 190 valence electrons.